The Morgan fingerprint density at radius 3 is 2.46 bits per heavy atom. The van der Waals surface area contributed by atoms with Gasteiger partial charge in [0.1, 0.15) is 5.15 Å². The molecule has 1 aromatic carbocycles. The molecule has 1 aromatic heterocycles. The van der Waals surface area contributed by atoms with Crippen molar-refractivity contribution in [2.45, 2.75) is 25.9 Å². The molecule has 3 rings (SSSR count). The van der Waals surface area contributed by atoms with Crippen LogP contribution in [-0.2, 0) is 7.05 Å². The summed E-state index contributed by atoms with van der Waals surface area (Å²) < 4.78 is 1.52. The van der Waals surface area contributed by atoms with Crippen LogP contribution in [0.5, 0.6) is 0 Å². The number of nitrogens with zero attached hydrogens (tertiary/aromatic N) is 3. The van der Waals surface area contributed by atoms with Crippen molar-refractivity contribution in [3.05, 3.63) is 52.3 Å². The predicted molar refractivity (Wildman–Crippen MR) is 93.0 cm³/mol. The monoisotopic (exact) mass is 347 g/mol. The van der Waals surface area contributed by atoms with Crippen molar-refractivity contribution in [3.63, 3.8) is 0 Å². The van der Waals surface area contributed by atoms with Gasteiger partial charge in [-0.3, -0.25) is 9.48 Å². The molecule has 2 heterocycles. The van der Waals surface area contributed by atoms with E-state index in [0.717, 1.165) is 18.4 Å². The van der Waals surface area contributed by atoms with Crippen molar-refractivity contribution >= 4 is 17.5 Å². The van der Waals surface area contributed by atoms with Gasteiger partial charge in [-0.15, -0.1) is 0 Å². The SMILES string of the molecule is Cc1nn(C)c(Cl)c1C(=O)N1CCC(C(O)c2ccccc2)CC1. The van der Waals surface area contributed by atoms with E-state index in [1.807, 2.05) is 35.2 Å². The van der Waals surface area contributed by atoms with Crippen LogP contribution in [0, 0.1) is 12.8 Å². The topological polar surface area (TPSA) is 58.4 Å². The molecule has 1 unspecified atom stereocenters. The minimum atomic E-state index is -0.479. The highest BCUT2D eigenvalue weighted by molar-refractivity contribution is 6.33. The smallest absolute Gasteiger partial charge is 0.258 e. The summed E-state index contributed by atoms with van der Waals surface area (Å²) in [5.41, 5.74) is 2.08. The summed E-state index contributed by atoms with van der Waals surface area (Å²) in [5.74, 6) is 0.0974. The highest BCUT2D eigenvalue weighted by atomic mass is 35.5. The second-order valence-electron chi connectivity index (χ2n) is 6.36. The molecule has 0 saturated carbocycles. The van der Waals surface area contributed by atoms with Crippen molar-refractivity contribution in [2.24, 2.45) is 13.0 Å². The zero-order valence-electron chi connectivity index (χ0n) is 13.9. The van der Waals surface area contributed by atoms with Crippen molar-refractivity contribution in [1.82, 2.24) is 14.7 Å². The van der Waals surface area contributed by atoms with Gasteiger partial charge in [0.15, 0.2) is 0 Å². The highest BCUT2D eigenvalue weighted by Gasteiger charge is 2.31. The Labute approximate surface area is 146 Å². The predicted octanol–water partition coefficient (Wildman–Crippen LogP) is 2.97. The first-order valence-electron chi connectivity index (χ1n) is 8.20. The molecular weight excluding hydrogens is 326 g/mol. The van der Waals surface area contributed by atoms with Crippen LogP contribution < -0.4 is 0 Å². The zero-order chi connectivity index (χ0) is 17.3. The van der Waals surface area contributed by atoms with Gasteiger partial charge >= 0.3 is 0 Å². The number of aryl methyl sites for hydroxylation is 2. The summed E-state index contributed by atoms with van der Waals surface area (Å²) in [6.07, 6.45) is 1.07. The minimum Gasteiger partial charge on any atom is -0.388 e. The number of aliphatic hydroxyl groups excluding tert-OH is 1. The normalized spacial score (nSPS) is 17.1. The van der Waals surface area contributed by atoms with E-state index >= 15 is 0 Å². The number of hydrogen-bond acceptors (Lipinski definition) is 3. The lowest BCUT2D eigenvalue weighted by molar-refractivity contribution is 0.0462. The third-order valence-corrected chi connectivity index (χ3v) is 5.21. The number of carbonyl (C=O) groups is 1. The molecule has 1 atom stereocenters. The fourth-order valence-corrected chi connectivity index (χ4v) is 3.63. The van der Waals surface area contributed by atoms with Gasteiger partial charge in [-0.25, -0.2) is 0 Å². The van der Waals surface area contributed by atoms with E-state index in [0.29, 0.717) is 29.5 Å². The minimum absolute atomic E-state index is 0.0711. The van der Waals surface area contributed by atoms with Crippen molar-refractivity contribution in [2.75, 3.05) is 13.1 Å². The number of piperidine rings is 1. The van der Waals surface area contributed by atoms with E-state index in [-0.39, 0.29) is 11.8 Å². The number of likely N-dealkylation sites (tertiary alicyclic amines) is 1. The summed E-state index contributed by atoms with van der Waals surface area (Å²) in [4.78, 5) is 14.5. The lowest BCUT2D eigenvalue weighted by atomic mass is 9.87. The highest BCUT2D eigenvalue weighted by Crippen LogP contribution is 2.31. The van der Waals surface area contributed by atoms with Crippen LogP contribution in [-0.4, -0.2) is 38.8 Å². The van der Waals surface area contributed by atoms with Crippen molar-refractivity contribution < 1.29 is 9.90 Å². The van der Waals surface area contributed by atoms with Gasteiger partial charge in [-0.2, -0.15) is 5.10 Å². The van der Waals surface area contributed by atoms with Gasteiger partial charge in [0.25, 0.3) is 5.91 Å². The molecule has 24 heavy (non-hydrogen) atoms. The second kappa shape index (κ2) is 6.95. The summed E-state index contributed by atoms with van der Waals surface area (Å²) in [5, 5.41) is 15.1. The first-order chi connectivity index (χ1) is 11.5. The lowest BCUT2D eigenvalue weighted by Gasteiger charge is -2.34. The van der Waals surface area contributed by atoms with E-state index in [4.69, 9.17) is 11.6 Å². The molecule has 2 aromatic rings. The Bertz CT molecular complexity index is 721. The molecule has 1 amide bonds. The molecule has 1 aliphatic heterocycles. The van der Waals surface area contributed by atoms with Crippen LogP contribution in [0.4, 0.5) is 0 Å². The van der Waals surface area contributed by atoms with Crippen LogP contribution >= 0.6 is 11.6 Å². The largest absolute Gasteiger partial charge is 0.388 e. The maximum atomic E-state index is 12.7. The number of benzene rings is 1. The molecule has 1 N–H and O–H groups in total. The lowest BCUT2D eigenvalue weighted by Crippen LogP contribution is -2.40. The number of amides is 1. The van der Waals surface area contributed by atoms with Crippen LogP contribution in [0.3, 0.4) is 0 Å². The number of hydrogen-bond donors (Lipinski definition) is 1. The average Bonchev–Trinajstić information content (AvgIpc) is 2.87. The van der Waals surface area contributed by atoms with Crippen LogP contribution in [0.15, 0.2) is 30.3 Å². The molecule has 1 saturated heterocycles. The second-order valence-corrected chi connectivity index (χ2v) is 6.72. The van der Waals surface area contributed by atoms with E-state index in [2.05, 4.69) is 5.10 Å². The molecule has 0 spiro atoms. The molecule has 0 aliphatic carbocycles. The summed E-state index contributed by atoms with van der Waals surface area (Å²) >= 11 is 6.20. The van der Waals surface area contributed by atoms with Crippen molar-refractivity contribution in [3.8, 4) is 0 Å². The molecule has 1 fully saturated rings. The van der Waals surface area contributed by atoms with Gasteiger partial charge in [0.2, 0.25) is 0 Å². The third-order valence-electron chi connectivity index (χ3n) is 4.78. The number of aromatic nitrogens is 2. The number of aliphatic hydroxyl groups is 1. The Morgan fingerprint density at radius 1 is 1.29 bits per heavy atom. The molecule has 128 valence electrons. The number of carbonyl (C=O) groups excluding carboxylic acids is 1. The van der Waals surface area contributed by atoms with Crippen molar-refractivity contribution in [1.29, 1.82) is 0 Å². The molecule has 5 nitrogen and oxygen atoms in total. The molecule has 0 bridgehead atoms. The fraction of sp³-hybridized carbons (Fsp3) is 0.444. The van der Waals surface area contributed by atoms with E-state index in [9.17, 15) is 9.90 Å². The van der Waals surface area contributed by atoms with Gasteiger partial charge in [0, 0.05) is 20.1 Å². The fourth-order valence-electron chi connectivity index (χ4n) is 3.37. The van der Waals surface area contributed by atoms with Crippen LogP contribution in [0.2, 0.25) is 5.15 Å². The third kappa shape index (κ3) is 3.19. The van der Waals surface area contributed by atoms with Gasteiger partial charge in [0.05, 0.1) is 17.4 Å². The molecular formula is C18H22ClN3O2. The summed E-state index contributed by atoms with van der Waals surface area (Å²) in [7, 11) is 1.73. The Kier molecular flexibility index (Phi) is 4.92. The quantitative estimate of drug-likeness (QED) is 0.928. The Morgan fingerprint density at radius 2 is 1.92 bits per heavy atom. The van der Waals surface area contributed by atoms with Gasteiger partial charge in [-0.1, -0.05) is 41.9 Å². The standard InChI is InChI=1S/C18H22ClN3O2/c1-12-15(17(19)21(2)20-12)18(24)22-10-8-14(9-11-22)16(23)13-6-4-3-5-7-13/h3-7,14,16,23H,8-11H2,1-2H3. The summed E-state index contributed by atoms with van der Waals surface area (Å²) in [6, 6.07) is 9.70. The number of rotatable bonds is 3. The maximum Gasteiger partial charge on any atom is 0.258 e. The Balaban J connectivity index is 1.66. The van der Waals surface area contributed by atoms with Crippen LogP contribution in [0.25, 0.3) is 0 Å². The molecule has 0 radical (unpaired) electrons. The van der Waals surface area contributed by atoms with E-state index in [1.54, 1.807) is 14.0 Å². The number of halogens is 1. The van der Waals surface area contributed by atoms with E-state index < -0.39 is 6.10 Å². The van der Waals surface area contributed by atoms with Gasteiger partial charge < -0.3 is 10.0 Å². The van der Waals surface area contributed by atoms with Gasteiger partial charge in [-0.05, 0) is 31.2 Å². The first-order valence-corrected chi connectivity index (χ1v) is 8.58. The zero-order valence-corrected chi connectivity index (χ0v) is 14.7. The molecule has 6 heteroatoms. The summed E-state index contributed by atoms with van der Waals surface area (Å²) in [6.45, 7) is 3.04. The maximum absolute atomic E-state index is 12.7. The average molecular weight is 348 g/mol. The Hall–Kier alpha value is -1.85. The van der Waals surface area contributed by atoms with E-state index in [1.165, 1.54) is 4.68 Å². The molecule has 1 aliphatic rings. The van der Waals surface area contributed by atoms with Crippen LogP contribution in [0.1, 0.15) is 40.6 Å². The first kappa shape index (κ1) is 17.0.